The molecule has 0 amide bonds. The van der Waals surface area contributed by atoms with Gasteiger partial charge >= 0.3 is 6.18 Å². The van der Waals surface area contributed by atoms with Gasteiger partial charge in [0.15, 0.2) is 6.10 Å². The Kier molecular flexibility index (Phi) is 4.00. The van der Waals surface area contributed by atoms with Crippen LogP contribution in [0, 0.1) is 18.2 Å². The standard InChI is InChI=1S/C14H11F5N2O/c1-2-8-3-4-10(16)9(5-8)13(7-15)6-11(14(17,18)19)22-12(20)21-13/h1,3-5,11H,6-7H2,(H2,20,21)/t11-,13+/m0/s1. The van der Waals surface area contributed by atoms with E-state index in [2.05, 4.69) is 15.6 Å². The van der Waals surface area contributed by atoms with Crippen molar-refractivity contribution in [2.75, 3.05) is 6.67 Å². The van der Waals surface area contributed by atoms with E-state index in [1.807, 2.05) is 0 Å². The Hall–Kier alpha value is -2.30. The number of hydrogen-bond acceptors (Lipinski definition) is 3. The molecule has 1 aliphatic rings. The molecule has 2 atom stereocenters. The second kappa shape index (κ2) is 5.48. The molecule has 0 bridgehead atoms. The number of nitrogens with zero attached hydrogens (tertiary/aromatic N) is 1. The fraction of sp³-hybridized carbons (Fsp3) is 0.357. The highest BCUT2D eigenvalue weighted by atomic mass is 19.4. The third-order valence-corrected chi connectivity index (χ3v) is 3.33. The molecule has 0 spiro atoms. The fourth-order valence-corrected chi connectivity index (χ4v) is 2.26. The van der Waals surface area contributed by atoms with Crippen LogP contribution in [0.5, 0.6) is 0 Å². The quantitative estimate of drug-likeness (QED) is 0.673. The minimum Gasteiger partial charge on any atom is -0.452 e. The number of nitrogens with two attached hydrogens (primary N) is 1. The largest absolute Gasteiger partial charge is 0.452 e. The third-order valence-electron chi connectivity index (χ3n) is 3.33. The van der Waals surface area contributed by atoms with Gasteiger partial charge in [0.05, 0.1) is 0 Å². The maximum absolute atomic E-state index is 14.0. The zero-order chi connectivity index (χ0) is 16.5. The Morgan fingerprint density at radius 3 is 2.68 bits per heavy atom. The summed E-state index contributed by atoms with van der Waals surface area (Å²) in [6.45, 7) is -1.38. The molecule has 0 aromatic heterocycles. The Bertz CT molecular complexity index is 650. The minimum absolute atomic E-state index is 0.188. The lowest BCUT2D eigenvalue weighted by atomic mass is 9.84. The highest BCUT2D eigenvalue weighted by Crippen LogP contribution is 2.41. The second-order valence-corrected chi connectivity index (χ2v) is 4.81. The van der Waals surface area contributed by atoms with Crippen LogP contribution in [-0.4, -0.2) is 25.0 Å². The van der Waals surface area contributed by atoms with Crippen molar-refractivity contribution in [2.24, 2.45) is 10.7 Å². The van der Waals surface area contributed by atoms with Crippen molar-refractivity contribution in [1.29, 1.82) is 0 Å². The van der Waals surface area contributed by atoms with Crippen LogP contribution in [0.4, 0.5) is 22.0 Å². The molecule has 2 rings (SSSR count). The molecule has 3 nitrogen and oxygen atoms in total. The monoisotopic (exact) mass is 318 g/mol. The molecule has 1 aromatic rings. The first-order valence-electron chi connectivity index (χ1n) is 6.13. The summed E-state index contributed by atoms with van der Waals surface area (Å²) in [7, 11) is 0. The molecule has 0 saturated heterocycles. The summed E-state index contributed by atoms with van der Waals surface area (Å²) >= 11 is 0. The van der Waals surface area contributed by atoms with E-state index in [0.717, 1.165) is 12.1 Å². The Morgan fingerprint density at radius 2 is 2.14 bits per heavy atom. The van der Waals surface area contributed by atoms with E-state index in [9.17, 15) is 22.0 Å². The summed E-state index contributed by atoms with van der Waals surface area (Å²) in [4.78, 5) is 3.59. The predicted octanol–water partition coefficient (Wildman–Crippen LogP) is 2.64. The van der Waals surface area contributed by atoms with Crippen LogP contribution >= 0.6 is 0 Å². The van der Waals surface area contributed by atoms with Crippen LogP contribution in [0.2, 0.25) is 0 Å². The van der Waals surface area contributed by atoms with E-state index in [0.29, 0.717) is 0 Å². The summed E-state index contributed by atoms with van der Waals surface area (Å²) in [6, 6.07) is 2.44. The number of ether oxygens (including phenoxy) is 1. The van der Waals surface area contributed by atoms with E-state index in [4.69, 9.17) is 12.2 Å². The number of halogens is 5. The van der Waals surface area contributed by atoms with E-state index in [1.165, 1.54) is 6.07 Å². The Morgan fingerprint density at radius 1 is 1.45 bits per heavy atom. The fourth-order valence-electron chi connectivity index (χ4n) is 2.26. The molecule has 0 aliphatic carbocycles. The van der Waals surface area contributed by atoms with Crippen LogP contribution in [0.25, 0.3) is 0 Å². The van der Waals surface area contributed by atoms with Gasteiger partial charge in [-0.3, -0.25) is 0 Å². The van der Waals surface area contributed by atoms with E-state index >= 15 is 0 Å². The van der Waals surface area contributed by atoms with Gasteiger partial charge in [-0.2, -0.15) is 13.2 Å². The van der Waals surface area contributed by atoms with Gasteiger partial charge in [-0.1, -0.05) is 5.92 Å². The molecule has 1 aliphatic heterocycles. The predicted molar refractivity (Wildman–Crippen MR) is 69.2 cm³/mol. The normalized spacial score (nSPS) is 25.1. The number of rotatable bonds is 2. The van der Waals surface area contributed by atoms with Crippen molar-refractivity contribution in [3.63, 3.8) is 0 Å². The molecule has 118 valence electrons. The molecule has 2 N–H and O–H groups in total. The molecule has 8 heteroatoms. The van der Waals surface area contributed by atoms with E-state index < -0.39 is 42.8 Å². The zero-order valence-electron chi connectivity index (χ0n) is 11.1. The maximum atomic E-state index is 14.0. The lowest BCUT2D eigenvalue weighted by Gasteiger charge is -2.36. The van der Waals surface area contributed by atoms with Crippen molar-refractivity contribution in [3.05, 3.63) is 35.1 Å². The molecule has 0 fully saturated rings. The SMILES string of the molecule is C#Cc1ccc(F)c([C@]2(CF)C[C@@H](C(F)(F)F)OC(N)=N2)c1. The van der Waals surface area contributed by atoms with Crippen LogP contribution < -0.4 is 5.73 Å². The van der Waals surface area contributed by atoms with Gasteiger partial charge in [0.25, 0.3) is 6.02 Å². The molecule has 0 unspecified atom stereocenters. The van der Waals surface area contributed by atoms with Gasteiger partial charge < -0.3 is 10.5 Å². The smallest absolute Gasteiger partial charge is 0.425 e. The van der Waals surface area contributed by atoms with Gasteiger partial charge in [0.2, 0.25) is 0 Å². The van der Waals surface area contributed by atoms with Gasteiger partial charge in [-0.05, 0) is 18.2 Å². The molecule has 1 aromatic carbocycles. The summed E-state index contributed by atoms with van der Waals surface area (Å²) in [5.74, 6) is 1.28. The van der Waals surface area contributed by atoms with Crippen LogP contribution in [0.3, 0.4) is 0 Å². The number of aliphatic imine (C=N–C) groups is 1. The summed E-state index contributed by atoms with van der Waals surface area (Å²) in [5, 5.41) is 0. The van der Waals surface area contributed by atoms with Crippen LogP contribution in [0.1, 0.15) is 17.5 Å². The second-order valence-electron chi connectivity index (χ2n) is 4.81. The van der Waals surface area contributed by atoms with Crippen molar-refractivity contribution in [3.8, 4) is 12.3 Å². The first-order chi connectivity index (χ1) is 10.2. The van der Waals surface area contributed by atoms with Gasteiger partial charge in [0.1, 0.15) is 18.0 Å². The first-order valence-corrected chi connectivity index (χ1v) is 6.13. The van der Waals surface area contributed by atoms with E-state index in [-0.39, 0.29) is 11.1 Å². The molecule has 22 heavy (non-hydrogen) atoms. The molecular formula is C14H11F5N2O. The molecular weight excluding hydrogens is 307 g/mol. The average Bonchev–Trinajstić information content (AvgIpc) is 2.46. The molecule has 1 heterocycles. The van der Waals surface area contributed by atoms with Crippen molar-refractivity contribution < 1.29 is 26.7 Å². The van der Waals surface area contributed by atoms with Gasteiger partial charge in [-0.15, -0.1) is 6.42 Å². The topological polar surface area (TPSA) is 47.6 Å². The van der Waals surface area contributed by atoms with Gasteiger partial charge in [-0.25, -0.2) is 13.8 Å². The van der Waals surface area contributed by atoms with Crippen molar-refractivity contribution >= 4 is 6.02 Å². The summed E-state index contributed by atoms with van der Waals surface area (Å²) < 4.78 is 70.6. The minimum atomic E-state index is -4.79. The number of benzene rings is 1. The Balaban J connectivity index is 2.58. The van der Waals surface area contributed by atoms with Gasteiger partial charge in [0, 0.05) is 17.5 Å². The maximum Gasteiger partial charge on any atom is 0.425 e. The highest BCUT2D eigenvalue weighted by molar-refractivity contribution is 5.73. The molecule has 0 saturated carbocycles. The lowest BCUT2D eigenvalue weighted by Crippen LogP contribution is -2.48. The van der Waals surface area contributed by atoms with E-state index in [1.54, 1.807) is 0 Å². The van der Waals surface area contributed by atoms with Crippen LogP contribution in [-0.2, 0) is 10.3 Å². The van der Waals surface area contributed by atoms with Crippen molar-refractivity contribution in [2.45, 2.75) is 24.2 Å². The summed E-state index contributed by atoms with van der Waals surface area (Å²) in [6.07, 6.45) is -2.93. The number of amidine groups is 1. The number of terminal acetylenes is 1. The number of alkyl halides is 4. The Labute approximate surface area is 123 Å². The first kappa shape index (κ1) is 16.1. The van der Waals surface area contributed by atoms with Crippen LogP contribution in [0.15, 0.2) is 23.2 Å². The molecule has 0 radical (unpaired) electrons. The number of hydrogen-bond donors (Lipinski definition) is 1. The van der Waals surface area contributed by atoms with Crippen molar-refractivity contribution in [1.82, 2.24) is 0 Å². The third kappa shape index (κ3) is 2.84. The lowest BCUT2D eigenvalue weighted by molar-refractivity contribution is -0.209. The summed E-state index contributed by atoms with van der Waals surface area (Å²) in [5.41, 5.74) is 2.91. The zero-order valence-corrected chi connectivity index (χ0v) is 11.1. The highest BCUT2D eigenvalue weighted by Gasteiger charge is 2.52. The average molecular weight is 318 g/mol.